The Labute approximate surface area is 175 Å². The van der Waals surface area contributed by atoms with E-state index in [4.69, 9.17) is 0 Å². The van der Waals surface area contributed by atoms with Crippen molar-refractivity contribution in [1.29, 1.82) is 0 Å². The Bertz CT molecular complexity index is 1210. The molecule has 1 heterocycles. The number of fused-ring (bicyclic) bond motifs is 1. The number of amides is 2. The Hall–Kier alpha value is -3.86. The fraction of sp³-hybridized carbons (Fsp3) is 0.120. The number of aromatic amines is 1. The van der Waals surface area contributed by atoms with Gasteiger partial charge in [0.05, 0.1) is 5.69 Å². The Balaban J connectivity index is 1.66. The molecule has 5 nitrogen and oxygen atoms in total. The van der Waals surface area contributed by atoms with Crippen molar-refractivity contribution in [2.24, 2.45) is 0 Å². The fourth-order valence-corrected chi connectivity index (χ4v) is 3.36. The summed E-state index contributed by atoms with van der Waals surface area (Å²) in [6.07, 6.45) is 0. The van der Waals surface area contributed by atoms with Crippen molar-refractivity contribution >= 4 is 28.4 Å². The highest BCUT2D eigenvalue weighted by atomic mass is 16.2. The number of H-pyrrole nitrogens is 1. The number of carbonyl (C=O) groups excluding carboxylic acids is 2. The van der Waals surface area contributed by atoms with E-state index in [1.807, 2.05) is 74.5 Å². The number of carbonyl (C=O) groups is 2. The van der Waals surface area contributed by atoms with Crippen LogP contribution in [0.4, 0.5) is 5.69 Å². The molecule has 0 aliphatic rings. The van der Waals surface area contributed by atoms with Crippen molar-refractivity contribution in [1.82, 2.24) is 10.3 Å². The lowest BCUT2D eigenvalue weighted by molar-refractivity contribution is 0.0947. The third-order valence-electron chi connectivity index (χ3n) is 5.03. The van der Waals surface area contributed by atoms with Crippen LogP contribution in [0.15, 0.2) is 72.8 Å². The molecule has 0 bridgehead atoms. The predicted octanol–water partition coefficient (Wildman–Crippen LogP) is 4.97. The van der Waals surface area contributed by atoms with Gasteiger partial charge in [0.15, 0.2) is 0 Å². The topological polar surface area (TPSA) is 74.0 Å². The van der Waals surface area contributed by atoms with Gasteiger partial charge in [-0.05, 0) is 43.7 Å². The minimum atomic E-state index is -0.271. The van der Waals surface area contributed by atoms with Crippen LogP contribution in [0, 0.1) is 13.8 Å². The van der Waals surface area contributed by atoms with Crippen LogP contribution in [0.25, 0.3) is 10.9 Å². The molecule has 0 radical (unpaired) electrons. The van der Waals surface area contributed by atoms with Crippen molar-refractivity contribution in [3.63, 3.8) is 0 Å². The summed E-state index contributed by atoms with van der Waals surface area (Å²) in [5, 5.41) is 6.68. The van der Waals surface area contributed by atoms with Crippen molar-refractivity contribution in [2.75, 3.05) is 5.32 Å². The lowest BCUT2D eigenvalue weighted by Gasteiger charge is -2.09. The summed E-state index contributed by atoms with van der Waals surface area (Å²) < 4.78 is 0. The second kappa shape index (κ2) is 8.25. The fourth-order valence-electron chi connectivity index (χ4n) is 3.36. The molecule has 30 heavy (non-hydrogen) atoms. The molecule has 4 rings (SSSR count). The van der Waals surface area contributed by atoms with Crippen molar-refractivity contribution < 1.29 is 9.59 Å². The van der Waals surface area contributed by atoms with Crippen LogP contribution in [0.2, 0.25) is 0 Å². The smallest absolute Gasteiger partial charge is 0.270 e. The molecule has 5 heteroatoms. The Morgan fingerprint density at radius 2 is 1.53 bits per heavy atom. The van der Waals surface area contributed by atoms with Gasteiger partial charge in [-0.15, -0.1) is 0 Å². The highest BCUT2D eigenvalue weighted by molar-refractivity contribution is 6.15. The Morgan fingerprint density at radius 3 is 2.27 bits per heavy atom. The predicted molar refractivity (Wildman–Crippen MR) is 120 cm³/mol. The summed E-state index contributed by atoms with van der Waals surface area (Å²) >= 11 is 0. The molecule has 150 valence electrons. The number of anilines is 1. The zero-order valence-electron chi connectivity index (χ0n) is 17.0. The van der Waals surface area contributed by atoms with E-state index in [2.05, 4.69) is 15.6 Å². The minimum absolute atomic E-state index is 0.255. The Kier molecular flexibility index (Phi) is 5.35. The average Bonchev–Trinajstić information content (AvgIpc) is 3.11. The van der Waals surface area contributed by atoms with E-state index in [1.54, 1.807) is 12.1 Å². The molecule has 3 N–H and O–H groups in total. The maximum Gasteiger partial charge on any atom is 0.270 e. The van der Waals surface area contributed by atoms with E-state index >= 15 is 0 Å². The quantitative estimate of drug-likeness (QED) is 0.445. The van der Waals surface area contributed by atoms with Crippen molar-refractivity contribution in [2.45, 2.75) is 20.4 Å². The van der Waals surface area contributed by atoms with Crippen molar-refractivity contribution in [3.8, 4) is 0 Å². The lowest BCUT2D eigenvalue weighted by Crippen LogP contribution is -2.25. The molecule has 2 amide bonds. The van der Waals surface area contributed by atoms with Crippen LogP contribution >= 0.6 is 0 Å². The highest BCUT2D eigenvalue weighted by Crippen LogP contribution is 2.29. The first-order valence-corrected chi connectivity index (χ1v) is 9.84. The number of hydrogen-bond acceptors (Lipinski definition) is 2. The van der Waals surface area contributed by atoms with E-state index < -0.39 is 0 Å². The van der Waals surface area contributed by atoms with Gasteiger partial charge in [0, 0.05) is 23.0 Å². The summed E-state index contributed by atoms with van der Waals surface area (Å²) in [4.78, 5) is 29.0. The molecule has 0 saturated heterocycles. The number of aromatic nitrogens is 1. The lowest BCUT2D eigenvalue weighted by atomic mass is 10.1. The van der Waals surface area contributed by atoms with Gasteiger partial charge in [-0.3, -0.25) is 9.59 Å². The van der Waals surface area contributed by atoms with Gasteiger partial charge < -0.3 is 15.6 Å². The normalized spacial score (nSPS) is 10.7. The number of hydrogen-bond donors (Lipinski definition) is 3. The van der Waals surface area contributed by atoms with Gasteiger partial charge in [-0.1, -0.05) is 59.7 Å². The summed E-state index contributed by atoms with van der Waals surface area (Å²) in [5.74, 6) is -0.526. The molecule has 0 saturated carbocycles. The zero-order chi connectivity index (χ0) is 21.1. The van der Waals surface area contributed by atoms with Crippen LogP contribution < -0.4 is 10.6 Å². The second-order valence-electron chi connectivity index (χ2n) is 7.41. The first-order chi connectivity index (χ1) is 14.5. The van der Waals surface area contributed by atoms with Crippen LogP contribution in [0.3, 0.4) is 0 Å². The molecular formula is C25H23N3O2. The van der Waals surface area contributed by atoms with Gasteiger partial charge in [0.1, 0.15) is 5.69 Å². The van der Waals surface area contributed by atoms with Gasteiger partial charge in [0.25, 0.3) is 11.8 Å². The van der Waals surface area contributed by atoms with Crippen molar-refractivity contribution in [3.05, 3.63) is 101 Å². The summed E-state index contributed by atoms with van der Waals surface area (Å²) in [5.41, 5.74) is 5.29. The third kappa shape index (κ3) is 4.10. The third-order valence-corrected chi connectivity index (χ3v) is 5.03. The molecule has 0 aliphatic heterocycles. The first kappa shape index (κ1) is 19.5. The molecule has 4 aromatic rings. The van der Waals surface area contributed by atoms with E-state index in [0.29, 0.717) is 23.5 Å². The van der Waals surface area contributed by atoms with Gasteiger partial charge in [0.2, 0.25) is 0 Å². The number of nitrogens with one attached hydrogen (secondary N) is 3. The molecule has 0 fully saturated rings. The first-order valence-electron chi connectivity index (χ1n) is 9.84. The summed E-state index contributed by atoms with van der Waals surface area (Å²) in [7, 11) is 0. The average molecular weight is 397 g/mol. The van der Waals surface area contributed by atoms with E-state index in [0.717, 1.165) is 27.6 Å². The monoisotopic (exact) mass is 397 g/mol. The van der Waals surface area contributed by atoms with Gasteiger partial charge in [-0.25, -0.2) is 0 Å². The van der Waals surface area contributed by atoms with Gasteiger partial charge >= 0.3 is 0 Å². The molecular weight excluding hydrogens is 374 g/mol. The second-order valence-corrected chi connectivity index (χ2v) is 7.41. The molecule has 3 aromatic carbocycles. The molecule has 0 spiro atoms. The van der Waals surface area contributed by atoms with E-state index in [1.165, 1.54) is 0 Å². The maximum absolute atomic E-state index is 13.0. The molecule has 0 unspecified atom stereocenters. The highest BCUT2D eigenvalue weighted by Gasteiger charge is 2.20. The minimum Gasteiger partial charge on any atom is -0.349 e. The molecule has 1 aromatic heterocycles. The van der Waals surface area contributed by atoms with E-state index in [-0.39, 0.29) is 11.8 Å². The van der Waals surface area contributed by atoms with Crippen LogP contribution in [-0.2, 0) is 6.54 Å². The summed E-state index contributed by atoms with van der Waals surface area (Å²) in [6, 6.07) is 22.9. The van der Waals surface area contributed by atoms with Crippen LogP contribution in [-0.4, -0.2) is 16.8 Å². The zero-order valence-corrected chi connectivity index (χ0v) is 17.0. The standard InChI is InChI=1S/C25H23N3O2/c1-16-8-11-19(12-9-16)24(29)28-22-20-14-17(2)10-13-21(20)27-23(22)25(30)26-15-18-6-4-3-5-7-18/h3-14,27H,15H2,1-2H3,(H,26,30)(H,28,29). The Morgan fingerprint density at radius 1 is 0.833 bits per heavy atom. The van der Waals surface area contributed by atoms with Gasteiger partial charge in [-0.2, -0.15) is 0 Å². The number of rotatable bonds is 5. The number of benzene rings is 3. The molecule has 0 aliphatic carbocycles. The van der Waals surface area contributed by atoms with Crippen LogP contribution in [0.5, 0.6) is 0 Å². The van der Waals surface area contributed by atoms with E-state index in [9.17, 15) is 9.59 Å². The largest absolute Gasteiger partial charge is 0.349 e. The van der Waals surface area contributed by atoms with Crippen LogP contribution in [0.1, 0.15) is 37.5 Å². The number of aryl methyl sites for hydroxylation is 2. The SMILES string of the molecule is Cc1ccc(C(=O)Nc2c(C(=O)NCc3ccccc3)[nH]c3ccc(C)cc23)cc1. The summed E-state index contributed by atoms with van der Waals surface area (Å²) in [6.45, 7) is 4.35. The molecule has 0 atom stereocenters. The maximum atomic E-state index is 13.0.